The Kier molecular flexibility index (Phi) is 6.04. The number of benzene rings is 2. The van der Waals surface area contributed by atoms with E-state index in [1.165, 1.54) is 5.56 Å². The van der Waals surface area contributed by atoms with Crippen LogP contribution in [0.2, 0.25) is 0 Å². The number of aryl methyl sites for hydroxylation is 1. The maximum atomic E-state index is 12.8. The van der Waals surface area contributed by atoms with Gasteiger partial charge in [-0.05, 0) is 36.1 Å². The number of aromatic nitrogens is 2. The van der Waals surface area contributed by atoms with Crippen molar-refractivity contribution in [3.05, 3.63) is 83.3 Å². The zero-order valence-corrected chi connectivity index (χ0v) is 16.8. The Balaban J connectivity index is 1.75. The van der Waals surface area contributed by atoms with Crippen molar-refractivity contribution in [2.45, 2.75) is 33.2 Å². The summed E-state index contributed by atoms with van der Waals surface area (Å²) in [5.74, 6) is 1.52. The molecular weight excluding hydrogens is 348 g/mol. The fourth-order valence-corrected chi connectivity index (χ4v) is 2.97. The van der Waals surface area contributed by atoms with Crippen LogP contribution in [-0.4, -0.2) is 27.8 Å². The summed E-state index contributed by atoms with van der Waals surface area (Å²) in [5.41, 5.74) is 3.67. The first-order valence-electron chi connectivity index (χ1n) is 9.44. The van der Waals surface area contributed by atoms with Crippen molar-refractivity contribution in [2.24, 2.45) is 0 Å². The highest BCUT2D eigenvalue weighted by atomic mass is 16.2. The molecule has 0 aliphatic heterocycles. The molecule has 0 saturated heterocycles. The zero-order valence-electron chi connectivity index (χ0n) is 16.8. The van der Waals surface area contributed by atoms with Crippen molar-refractivity contribution in [2.75, 3.05) is 12.4 Å². The topological polar surface area (TPSA) is 58.1 Å². The van der Waals surface area contributed by atoms with E-state index in [4.69, 9.17) is 0 Å². The third-order valence-corrected chi connectivity index (χ3v) is 4.52. The SMILES string of the molecule is Cc1nc(Nc2ccc(C(C)C)cc2)cc(C(=O)N(C)Cc2ccccc2)n1. The van der Waals surface area contributed by atoms with Gasteiger partial charge in [0.25, 0.3) is 5.91 Å². The van der Waals surface area contributed by atoms with Crippen molar-refractivity contribution in [1.82, 2.24) is 14.9 Å². The van der Waals surface area contributed by atoms with Crippen LogP contribution in [-0.2, 0) is 6.54 Å². The summed E-state index contributed by atoms with van der Waals surface area (Å²) >= 11 is 0. The molecule has 0 aliphatic rings. The number of nitrogens with one attached hydrogen (secondary N) is 1. The Morgan fingerprint density at radius 3 is 2.36 bits per heavy atom. The molecule has 1 heterocycles. The van der Waals surface area contributed by atoms with Crippen molar-refractivity contribution in [3.8, 4) is 0 Å². The maximum Gasteiger partial charge on any atom is 0.272 e. The highest BCUT2D eigenvalue weighted by Crippen LogP contribution is 2.20. The quantitative estimate of drug-likeness (QED) is 0.665. The lowest BCUT2D eigenvalue weighted by atomic mass is 10.0. The molecule has 0 aliphatic carbocycles. The van der Waals surface area contributed by atoms with Crippen molar-refractivity contribution in [1.29, 1.82) is 0 Å². The molecule has 5 heteroatoms. The highest BCUT2D eigenvalue weighted by molar-refractivity contribution is 5.93. The Morgan fingerprint density at radius 1 is 1.04 bits per heavy atom. The van der Waals surface area contributed by atoms with Crippen LogP contribution in [0.4, 0.5) is 11.5 Å². The van der Waals surface area contributed by atoms with Gasteiger partial charge < -0.3 is 10.2 Å². The van der Waals surface area contributed by atoms with Gasteiger partial charge in [-0.2, -0.15) is 0 Å². The lowest BCUT2D eigenvalue weighted by Crippen LogP contribution is -2.27. The average Bonchev–Trinajstić information content (AvgIpc) is 2.68. The average molecular weight is 374 g/mol. The fraction of sp³-hybridized carbons (Fsp3) is 0.261. The minimum atomic E-state index is -0.132. The molecule has 3 rings (SSSR count). The van der Waals surface area contributed by atoms with Crippen LogP contribution in [0.15, 0.2) is 60.7 Å². The molecule has 3 aromatic rings. The highest BCUT2D eigenvalue weighted by Gasteiger charge is 2.16. The van der Waals surface area contributed by atoms with Crippen molar-refractivity contribution >= 4 is 17.4 Å². The fourth-order valence-electron chi connectivity index (χ4n) is 2.97. The second-order valence-electron chi connectivity index (χ2n) is 7.23. The Labute approximate surface area is 166 Å². The second-order valence-corrected chi connectivity index (χ2v) is 7.23. The normalized spacial score (nSPS) is 10.8. The van der Waals surface area contributed by atoms with Gasteiger partial charge in [0, 0.05) is 25.3 Å². The van der Waals surface area contributed by atoms with E-state index in [2.05, 4.69) is 41.3 Å². The third-order valence-electron chi connectivity index (χ3n) is 4.52. The van der Waals surface area contributed by atoms with Crippen LogP contribution in [0.1, 0.15) is 47.2 Å². The first kappa shape index (κ1) is 19.5. The van der Waals surface area contributed by atoms with E-state index >= 15 is 0 Å². The zero-order chi connectivity index (χ0) is 20.1. The smallest absolute Gasteiger partial charge is 0.272 e. The van der Waals surface area contributed by atoms with Gasteiger partial charge in [-0.15, -0.1) is 0 Å². The summed E-state index contributed by atoms with van der Waals surface area (Å²) in [7, 11) is 1.78. The van der Waals surface area contributed by atoms with E-state index in [0.717, 1.165) is 11.3 Å². The molecule has 28 heavy (non-hydrogen) atoms. The molecular formula is C23H26N4O. The molecule has 0 unspecified atom stereocenters. The van der Waals surface area contributed by atoms with Crippen LogP contribution in [0, 0.1) is 6.92 Å². The molecule has 0 atom stereocenters. The van der Waals surface area contributed by atoms with Crippen LogP contribution < -0.4 is 5.32 Å². The summed E-state index contributed by atoms with van der Waals surface area (Å²) in [6.45, 7) is 6.66. The minimum absolute atomic E-state index is 0.132. The van der Waals surface area contributed by atoms with Crippen molar-refractivity contribution < 1.29 is 4.79 Å². The van der Waals surface area contributed by atoms with E-state index in [0.29, 0.717) is 29.8 Å². The lowest BCUT2D eigenvalue weighted by Gasteiger charge is -2.17. The number of hydrogen-bond acceptors (Lipinski definition) is 4. The largest absolute Gasteiger partial charge is 0.340 e. The monoisotopic (exact) mass is 374 g/mol. The molecule has 0 spiro atoms. The number of hydrogen-bond donors (Lipinski definition) is 1. The predicted octanol–water partition coefficient (Wildman–Crippen LogP) is 4.92. The van der Waals surface area contributed by atoms with Crippen molar-refractivity contribution in [3.63, 3.8) is 0 Å². The van der Waals surface area contributed by atoms with E-state index < -0.39 is 0 Å². The predicted molar refractivity (Wildman–Crippen MR) is 113 cm³/mol. The number of anilines is 2. The van der Waals surface area contributed by atoms with Gasteiger partial charge in [-0.25, -0.2) is 9.97 Å². The molecule has 1 N–H and O–H groups in total. The Bertz CT molecular complexity index is 937. The molecule has 0 radical (unpaired) electrons. The second kappa shape index (κ2) is 8.65. The molecule has 0 bridgehead atoms. The van der Waals surface area contributed by atoms with Gasteiger partial charge in [0.2, 0.25) is 0 Å². The Morgan fingerprint density at radius 2 is 1.71 bits per heavy atom. The maximum absolute atomic E-state index is 12.8. The number of amides is 1. The number of carbonyl (C=O) groups excluding carboxylic acids is 1. The van der Waals surface area contributed by atoms with Crippen LogP contribution in [0.25, 0.3) is 0 Å². The minimum Gasteiger partial charge on any atom is -0.340 e. The molecule has 1 aromatic heterocycles. The number of rotatable bonds is 6. The van der Waals surface area contributed by atoms with Gasteiger partial charge in [0.1, 0.15) is 17.3 Å². The van der Waals surface area contributed by atoms with Crippen LogP contribution >= 0.6 is 0 Å². The summed E-state index contributed by atoms with van der Waals surface area (Å²) in [6, 6.07) is 19.8. The standard InChI is InChI=1S/C23H26N4O/c1-16(2)19-10-12-20(13-11-19)26-22-14-21(24-17(3)25-22)23(28)27(4)15-18-8-6-5-7-9-18/h5-14,16H,15H2,1-4H3,(H,24,25,26). The van der Waals surface area contributed by atoms with Crippen LogP contribution in [0.3, 0.4) is 0 Å². The molecule has 2 aromatic carbocycles. The summed E-state index contributed by atoms with van der Waals surface area (Å²) in [5, 5.41) is 3.27. The van der Waals surface area contributed by atoms with Gasteiger partial charge >= 0.3 is 0 Å². The molecule has 144 valence electrons. The lowest BCUT2D eigenvalue weighted by molar-refractivity contribution is 0.0779. The van der Waals surface area contributed by atoms with E-state index in [9.17, 15) is 4.79 Å². The molecule has 0 fully saturated rings. The van der Waals surface area contributed by atoms with Gasteiger partial charge in [0.05, 0.1) is 0 Å². The van der Waals surface area contributed by atoms with E-state index in [1.54, 1.807) is 24.9 Å². The molecule has 5 nitrogen and oxygen atoms in total. The van der Waals surface area contributed by atoms with Gasteiger partial charge in [-0.1, -0.05) is 56.3 Å². The first-order chi connectivity index (χ1) is 13.4. The summed E-state index contributed by atoms with van der Waals surface area (Å²) in [4.78, 5) is 23.3. The van der Waals surface area contributed by atoms with Gasteiger partial charge in [0.15, 0.2) is 0 Å². The van der Waals surface area contributed by atoms with E-state index in [-0.39, 0.29) is 5.91 Å². The third kappa shape index (κ3) is 4.94. The Hall–Kier alpha value is -3.21. The molecule has 0 saturated carbocycles. The van der Waals surface area contributed by atoms with Gasteiger partial charge in [-0.3, -0.25) is 4.79 Å². The van der Waals surface area contributed by atoms with E-state index in [1.807, 2.05) is 42.5 Å². The number of nitrogens with zero attached hydrogens (tertiary/aromatic N) is 3. The number of carbonyl (C=O) groups is 1. The first-order valence-corrected chi connectivity index (χ1v) is 9.44. The van der Waals surface area contributed by atoms with Crippen LogP contribution in [0.5, 0.6) is 0 Å². The summed E-state index contributed by atoms with van der Waals surface area (Å²) < 4.78 is 0. The summed E-state index contributed by atoms with van der Waals surface area (Å²) in [6.07, 6.45) is 0. The molecule has 1 amide bonds.